The number of aryl methyl sites for hydroxylation is 1. The summed E-state index contributed by atoms with van der Waals surface area (Å²) in [5.74, 6) is 2.64. The number of amides is 1. The molecule has 1 amide bonds. The molecule has 0 aliphatic carbocycles. The van der Waals surface area contributed by atoms with Crippen molar-refractivity contribution in [2.75, 3.05) is 19.4 Å². The Bertz CT molecular complexity index is 874. The van der Waals surface area contributed by atoms with E-state index in [1.807, 2.05) is 49.4 Å². The fraction of sp³-hybridized carbons (Fsp3) is 0.300. The van der Waals surface area contributed by atoms with Gasteiger partial charge in [0.2, 0.25) is 5.91 Å². The van der Waals surface area contributed by atoms with Crippen LogP contribution in [0.2, 0.25) is 0 Å². The highest BCUT2D eigenvalue weighted by Crippen LogP contribution is 2.21. The van der Waals surface area contributed by atoms with Crippen LogP contribution in [0.3, 0.4) is 0 Å². The Kier molecular flexibility index (Phi) is 6.17. The SMILES string of the molecule is COc1ccc(SCCC(=O)NCCn2c(C)nc3ccccc32)cc1. The molecule has 3 aromatic rings. The van der Waals surface area contributed by atoms with Crippen LogP contribution in [0.4, 0.5) is 0 Å². The molecule has 0 fully saturated rings. The maximum absolute atomic E-state index is 12.0. The summed E-state index contributed by atoms with van der Waals surface area (Å²) in [4.78, 5) is 17.7. The van der Waals surface area contributed by atoms with Crippen LogP contribution in [0, 0.1) is 6.92 Å². The van der Waals surface area contributed by atoms with Crippen molar-refractivity contribution in [3.8, 4) is 5.75 Å². The number of thioether (sulfide) groups is 1. The first-order valence-electron chi connectivity index (χ1n) is 8.63. The number of nitrogens with one attached hydrogen (secondary N) is 1. The first kappa shape index (κ1) is 18.3. The molecule has 0 aliphatic heterocycles. The van der Waals surface area contributed by atoms with Crippen molar-refractivity contribution in [2.24, 2.45) is 0 Å². The number of carbonyl (C=O) groups excluding carboxylic acids is 1. The summed E-state index contributed by atoms with van der Waals surface area (Å²) in [5.41, 5.74) is 2.10. The molecule has 26 heavy (non-hydrogen) atoms. The lowest BCUT2D eigenvalue weighted by atomic mass is 10.3. The van der Waals surface area contributed by atoms with Gasteiger partial charge in [0.1, 0.15) is 11.6 Å². The highest BCUT2D eigenvalue weighted by molar-refractivity contribution is 7.99. The number of aromatic nitrogens is 2. The Morgan fingerprint density at radius 3 is 2.73 bits per heavy atom. The van der Waals surface area contributed by atoms with Gasteiger partial charge in [-0.15, -0.1) is 11.8 Å². The Morgan fingerprint density at radius 1 is 1.19 bits per heavy atom. The van der Waals surface area contributed by atoms with Crippen molar-refractivity contribution in [2.45, 2.75) is 24.8 Å². The van der Waals surface area contributed by atoms with E-state index < -0.39 is 0 Å². The van der Waals surface area contributed by atoms with Crippen LogP contribution in [0.5, 0.6) is 5.75 Å². The minimum Gasteiger partial charge on any atom is -0.497 e. The van der Waals surface area contributed by atoms with E-state index in [4.69, 9.17) is 4.74 Å². The molecule has 0 unspecified atom stereocenters. The fourth-order valence-electron chi connectivity index (χ4n) is 2.81. The second kappa shape index (κ2) is 8.76. The van der Waals surface area contributed by atoms with E-state index in [0.29, 0.717) is 13.0 Å². The number of hydrogen-bond acceptors (Lipinski definition) is 4. The molecule has 3 rings (SSSR count). The van der Waals surface area contributed by atoms with Crippen molar-refractivity contribution in [1.82, 2.24) is 14.9 Å². The van der Waals surface area contributed by atoms with Gasteiger partial charge < -0.3 is 14.6 Å². The average Bonchev–Trinajstić information content (AvgIpc) is 2.98. The third kappa shape index (κ3) is 4.58. The van der Waals surface area contributed by atoms with Gasteiger partial charge in [0.25, 0.3) is 0 Å². The van der Waals surface area contributed by atoms with Crippen molar-refractivity contribution in [3.05, 3.63) is 54.4 Å². The Labute approximate surface area is 157 Å². The monoisotopic (exact) mass is 369 g/mol. The van der Waals surface area contributed by atoms with Gasteiger partial charge in [-0.05, 0) is 43.3 Å². The molecule has 6 heteroatoms. The first-order chi connectivity index (χ1) is 12.7. The lowest BCUT2D eigenvalue weighted by molar-refractivity contribution is -0.120. The number of methoxy groups -OCH3 is 1. The topological polar surface area (TPSA) is 56.1 Å². The quantitative estimate of drug-likeness (QED) is 0.616. The van der Waals surface area contributed by atoms with Crippen LogP contribution < -0.4 is 10.1 Å². The van der Waals surface area contributed by atoms with Crippen LogP contribution in [0.15, 0.2) is 53.4 Å². The molecular weight excluding hydrogens is 346 g/mol. The van der Waals surface area contributed by atoms with Gasteiger partial charge in [0, 0.05) is 30.2 Å². The molecule has 0 saturated heterocycles. The second-order valence-corrected chi connectivity index (χ2v) is 7.09. The fourth-order valence-corrected chi connectivity index (χ4v) is 3.66. The van der Waals surface area contributed by atoms with E-state index in [2.05, 4.69) is 20.9 Å². The third-order valence-electron chi connectivity index (χ3n) is 4.16. The summed E-state index contributed by atoms with van der Waals surface area (Å²) in [5, 5.41) is 3.00. The van der Waals surface area contributed by atoms with Crippen LogP contribution >= 0.6 is 11.8 Å². The number of ether oxygens (including phenoxy) is 1. The Hall–Kier alpha value is -2.47. The van der Waals surface area contributed by atoms with E-state index in [1.54, 1.807) is 18.9 Å². The summed E-state index contributed by atoms with van der Waals surface area (Å²) in [6.45, 7) is 3.32. The molecule has 5 nitrogen and oxygen atoms in total. The van der Waals surface area contributed by atoms with Crippen LogP contribution in [0.25, 0.3) is 11.0 Å². The number of hydrogen-bond donors (Lipinski definition) is 1. The van der Waals surface area contributed by atoms with Gasteiger partial charge in [0.05, 0.1) is 18.1 Å². The highest BCUT2D eigenvalue weighted by atomic mass is 32.2. The van der Waals surface area contributed by atoms with Gasteiger partial charge in [-0.2, -0.15) is 0 Å². The largest absolute Gasteiger partial charge is 0.497 e. The van der Waals surface area contributed by atoms with Crippen molar-refractivity contribution in [1.29, 1.82) is 0 Å². The van der Waals surface area contributed by atoms with Crippen LogP contribution in [-0.2, 0) is 11.3 Å². The van der Waals surface area contributed by atoms with Gasteiger partial charge in [-0.25, -0.2) is 4.98 Å². The number of carbonyl (C=O) groups is 1. The minimum absolute atomic E-state index is 0.0769. The molecule has 0 saturated carbocycles. The standard InChI is InChI=1S/C20H23N3O2S/c1-15-22-18-5-3-4-6-19(18)23(15)13-12-21-20(24)11-14-26-17-9-7-16(25-2)8-10-17/h3-10H,11-14H2,1-2H3,(H,21,24). The summed E-state index contributed by atoms with van der Waals surface area (Å²) in [6, 6.07) is 15.9. The van der Waals surface area contributed by atoms with E-state index in [9.17, 15) is 4.79 Å². The number of rotatable bonds is 8. The van der Waals surface area contributed by atoms with E-state index in [0.717, 1.165) is 39.8 Å². The molecule has 1 aromatic heterocycles. The summed E-state index contributed by atoms with van der Waals surface area (Å²) in [7, 11) is 1.65. The summed E-state index contributed by atoms with van der Waals surface area (Å²) < 4.78 is 7.28. The van der Waals surface area contributed by atoms with E-state index in [1.165, 1.54) is 0 Å². The summed E-state index contributed by atoms with van der Waals surface area (Å²) in [6.07, 6.45) is 0.500. The zero-order valence-electron chi connectivity index (χ0n) is 15.1. The predicted molar refractivity (Wildman–Crippen MR) is 106 cm³/mol. The van der Waals surface area contributed by atoms with Gasteiger partial charge >= 0.3 is 0 Å². The maximum atomic E-state index is 12.0. The smallest absolute Gasteiger partial charge is 0.220 e. The van der Waals surface area contributed by atoms with Crippen LogP contribution in [0.1, 0.15) is 12.2 Å². The van der Waals surface area contributed by atoms with Gasteiger partial charge in [-0.1, -0.05) is 12.1 Å². The average molecular weight is 369 g/mol. The lowest BCUT2D eigenvalue weighted by Gasteiger charge is -2.09. The number of benzene rings is 2. The van der Waals surface area contributed by atoms with Crippen LogP contribution in [-0.4, -0.2) is 34.9 Å². The highest BCUT2D eigenvalue weighted by Gasteiger charge is 2.07. The predicted octanol–water partition coefficient (Wildman–Crippen LogP) is 3.65. The Balaban J connectivity index is 1.41. The molecule has 0 radical (unpaired) electrons. The maximum Gasteiger partial charge on any atom is 0.220 e. The van der Waals surface area contributed by atoms with Gasteiger partial charge in [0.15, 0.2) is 0 Å². The molecule has 1 N–H and O–H groups in total. The molecular formula is C20H23N3O2S. The number of para-hydroxylation sites is 2. The molecule has 1 heterocycles. The van der Waals surface area contributed by atoms with Gasteiger partial charge in [-0.3, -0.25) is 4.79 Å². The Morgan fingerprint density at radius 2 is 1.96 bits per heavy atom. The number of fused-ring (bicyclic) bond motifs is 1. The van der Waals surface area contributed by atoms with E-state index in [-0.39, 0.29) is 5.91 Å². The third-order valence-corrected chi connectivity index (χ3v) is 5.17. The lowest BCUT2D eigenvalue weighted by Crippen LogP contribution is -2.27. The molecule has 0 aliphatic rings. The minimum atomic E-state index is 0.0769. The molecule has 0 spiro atoms. The zero-order valence-corrected chi connectivity index (χ0v) is 15.9. The molecule has 136 valence electrons. The summed E-state index contributed by atoms with van der Waals surface area (Å²) >= 11 is 1.67. The van der Waals surface area contributed by atoms with Crippen molar-refractivity contribution >= 4 is 28.7 Å². The van der Waals surface area contributed by atoms with Crippen molar-refractivity contribution < 1.29 is 9.53 Å². The first-order valence-corrected chi connectivity index (χ1v) is 9.61. The molecule has 0 bridgehead atoms. The zero-order chi connectivity index (χ0) is 18.4. The number of imidazole rings is 1. The van der Waals surface area contributed by atoms with E-state index >= 15 is 0 Å². The normalized spacial score (nSPS) is 10.8. The molecule has 2 aromatic carbocycles. The van der Waals surface area contributed by atoms with Crippen molar-refractivity contribution in [3.63, 3.8) is 0 Å². The second-order valence-electron chi connectivity index (χ2n) is 5.92. The molecule has 0 atom stereocenters. The number of nitrogens with zero attached hydrogens (tertiary/aromatic N) is 2.